The van der Waals surface area contributed by atoms with Gasteiger partial charge in [-0.3, -0.25) is 0 Å². The molecule has 5 nitrogen and oxygen atoms in total. The number of nitrogens with zero attached hydrogens (tertiary/aromatic N) is 1. The summed E-state index contributed by atoms with van der Waals surface area (Å²) < 4.78 is 26.5. The molecule has 114 valence electrons. The molecule has 20 heavy (non-hydrogen) atoms. The molecule has 0 amide bonds. The van der Waals surface area contributed by atoms with Crippen molar-refractivity contribution in [3.8, 4) is 0 Å². The molecule has 1 aromatic rings. The number of rotatable bonds is 9. The fourth-order valence-corrected chi connectivity index (χ4v) is 2.93. The van der Waals surface area contributed by atoms with Crippen molar-refractivity contribution in [2.45, 2.75) is 37.9 Å². The minimum Gasteiger partial charge on any atom is -0.310 e. The smallest absolute Gasteiger partial charge is 0.258 e. The van der Waals surface area contributed by atoms with E-state index in [0.29, 0.717) is 19.1 Å². The number of thioether (sulfide) groups is 1. The van der Waals surface area contributed by atoms with Gasteiger partial charge in [0.05, 0.1) is 0 Å². The Morgan fingerprint density at radius 2 is 2.10 bits per heavy atom. The Kier molecular flexibility index (Phi) is 7.50. The first-order valence-electron chi connectivity index (χ1n) is 6.62. The third kappa shape index (κ3) is 6.21. The molecule has 0 unspecified atom stereocenters. The molecule has 0 bridgehead atoms. The Bertz CT molecular complexity index is 487. The SMILES string of the molecule is CSCCCNS(=O)(=O)c1ccc(CNC(C)C)cn1. The van der Waals surface area contributed by atoms with Crippen LogP contribution in [0.2, 0.25) is 0 Å². The third-order valence-electron chi connectivity index (χ3n) is 2.60. The monoisotopic (exact) mass is 317 g/mol. The second kappa shape index (κ2) is 8.61. The quantitative estimate of drug-likeness (QED) is 0.677. The standard InChI is InChI=1S/C13H23N3O2S2/c1-11(2)14-9-12-5-6-13(15-10-12)20(17,18)16-7-4-8-19-3/h5-6,10-11,14,16H,4,7-9H2,1-3H3. The van der Waals surface area contributed by atoms with Crippen molar-refractivity contribution in [2.75, 3.05) is 18.6 Å². The zero-order valence-electron chi connectivity index (χ0n) is 12.2. The van der Waals surface area contributed by atoms with Crippen molar-refractivity contribution in [3.05, 3.63) is 23.9 Å². The van der Waals surface area contributed by atoms with E-state index in [1.165, 1.54) is 0 Å². The maximum absolute atomic E-state index is 12.0. The molecule has 0 aliphatic carbocycles. The van der Waals surface area contributed by atoms with E-state index < -0.39 is 10.0 Å². The molecule has 1 heterocycles. The Morgan fingerprint density at radius 3 is 2.65 bits per heavy atom. The van der Waals surface area contributed by atoms with E-state index in [1.54, 1.807) is 30.1 Å². The number of sulfonamides is 1. The first kappa shape index (κ1) is 17.4. The van der Waals surface area contributed by atoms with E-state index in [2.05, 4.69) is 28.9 Å². The molecule has 1 aromatic heterocycles. The molecular formula is C13H23N3O2S2. The Labute approximate surface area is 126 Å². The van der Waals surface area contributed by atoms with Crippen molar-refractivity contribution in [1.29, 1.82) is 0 Å². The minimum atomic E-state index is -3.48. The lowest BCUT2D eigenvalue weighted by atomic mass is 10.2. The first-order chi connectivity index (χ1) is 9.45. The highest BCUT2D eigenvalue weighted by Gasteiger charge is 2.14. The van der Waals surface area contributed by atoms with E-state index in [1.807, 2.05) is 6.26 Å². The Hall–Kier alpha value is -0.630. The van der Waals surface area contributed by atoms with Crippen molar-refractivity contribution < 1.29 is 8.42 Å². The van der Waals surface area contributed by atoms with Gasteiger partial charge in [-0.05, 0) is 30.1 Å². The van der Waals surface area contributed by atoms with Crippen molar-refractivity contribution >= 4 is 21.8 Å². The van der Waals surface area contributed by atoms with Crippen LogP contribution in [0.4, 0.5) is 0 Å². The molecule has 0 aliphatic rings. The van der Waals surface area contributed by atoms with Gasteiger partial charge in [0.1, 0.15) is 0 Å². The van der Waals surface area contributed by atoms with Gasteiger partial charge < -0.3 is 5.32 Å². The van der Waals surface area contributed by atoms with Crippen LogP contribution in [0.3, 0.4) is 0 Å². The van der Waals surface area contributed by atoms with Gasteiger partial charge in [0.25, 0.3) is 10.0 Å². The molecule has 2 N–H and O–H groups in total. The normalized spacial score (nSPS) is 12.0. The molecule has 0 radical (unpaired) electrons. The van der Waals surface area contributed by atoms with E-state index in [0.717, 1.165) is 17.7 Å². The highest BCUT2D eigenvalue weighted by atomic mass is 32.2. The van der Waals surface area contributed by atoms with Crippen molar-refractivity contribution in [1.82, 2.24) is 15.0 Å². The van der Waals surface area contributed by atoms with Crippen LogP contribution >= 0.6 is 11.8 Å². The topological polar surface area (TPSA) is 71.1 Å². The summed E-state index contributed by atoms with van der Waals surface area (Å²) in [6.07, 6.45) is 4.42. The van der Waals surface area contributed by atoms with E-state index >= 15 is 0 Å². The lowest BCUT2D eigenvalue weighted by Crippen LogP contribution is -2.26. The minimum absolute atomic E-state index is 0.0787. The number of nitrogens with one attached hydrogen (secondary N) is 2. The molecule has 0 aromatic carbocycles. The summed E-state index contributed by atoms with van der Waals surface area (Å²) in [6.45, 7) is 5.25. The van der Waals surface area contributed by atoms with Gasteiger partial charge in [-0.2, -0.15) is 11.8 Å². The number of hydrogen-bond acceptors (Lipinski definition) is 5. The molecule has 0 saturated heterocycles. The molecule has 0 fully saturated rings. The second-order valence-corrected chi connectivity index (χ2v) is 7.48. The molecule has 7 heteroatoms. The lowest BCUT2D eigenvalue weighted by Gasteiger charge is -2.09. The predicted molar refractivity (Wildman–Crippen MR) is 84.4 cm³/mol. The summed E-state index contributed by atoms with van der Waals surface area (Å²) >= 11 is 1.70. The van der Waals surface area contributed by atoms with Crippen molar-refractivity contribution in [3.63, 3.8) is 0 Å². The van der Waals surface area contributed by atoms with Crippen molar-refractivity contribution in [2.24, 2.45) is 0 Å². The average molecular weight is 317 g/mol. The second-order valence-electron chi connectivity index (χ2n) is 4.78. The largest absolute Gasteiger partial charge is 0.310 e. The van der Waals surface area contributed by atoms with E-state index in [-0.39, 0.29) is 5.03 Å². The summed E-state index contributed by atoms with van der Waals surface area (Å²) in [5.74, 6) is 0.940. The van der Waals surface area contributed by atoms with Crippen LogP contribution in [0.15, 0.2) is 23.4 Å². The van der Waals surface area contributed by atoms with Gasteiger partial charge in [0, 0.05) is 25.3 Å². The van der Waals surface area contributed by atoms with Gasteiger partial charge in [0.2, 0.25) is 0 Å². The Balaban J connectivity index is 2.57. The summed E-state index contributed by atoms with van der Waals surface area (Å²) in [4.78, 5) is 4.03. The molecule has 0 spiro atoms. The number of hydrogen-bond donors (Lipinski definition) is 2. The van der Waals surface area contributed by atoms with E-state index in [9.17, 15) is 8.42 Å². The van der Waals surface area contributed by atoms with Gasteiger partial charge in [-0.25, -0.2) is 18.1 Å². The van der Waals surface area contributed by atoms with Crippen LogP contribution in [-0.4, -0.2) is 38.0 Å². The predicted octanol–water partition coefficient (Wildman–Crippen LogP) is 1.61. The molecule has 0 atom stereocenters. The van der Waals surface area contributed by atoms with Gasteiger partial charge >= 0.3 is 0 Å². The summed E-state index contributed by atoms with van der Waals surface area (Å²) in [6, 6.07) is 3.73. The average Bonchev–Trinajstić information content (AvgIpc) is 2.42. The zero-order valence-corrected chi connectivity index (χ0v) is 13.9. The highest BCUT2D eigenvalue weighted by Crippen LogP contribution is 2.07. The van der Waals surface area contributed by atoms with Crippen LogP contribution in [0.25, 0.3) is 0 Å². The van der Waals surface area contributed by atoms with Gasteiger partial charge in [-0.15, -0.1) is 0 Å². The maximum Gasteiger partial charge on any atom is 0.258 e. The molecule has 1 rings (SSSR count). The highest BCUT2D eigenvalue weighted by molar-refractivity contribution is 7.98. The Morgan fingerprint density at radius 1 is 1.35 bits per heavy atom. The fourth-order valence-electron chi connectivity index (χ4n) is 1.49. The lowest BCUT2D eigenvalue weighted by molar-refractivity contribution is 0.575. The van der Waals surface area contributed by atoms with E-state index in [4.69, 9.17) is 0 Å². The van der Waals surface area contributed by atoms with Crippen LogP contribution in [-0.2, 0) is 16.6 Å². The molecule has 0 saturated carbocycles. The van der Waals surface area contributed by atoms with Crippen LogP contribution in [0, 0.1) is 0 Å². The molecule has 0 aliphatic heterocycles. The van der Waals surface area contributed by atoms with Crippen LogP contribution < -0.4 is 10.0 Å². The summed E-state index contributed by atoms with van der Waals surface area (Å²) in [7, 11) is -3.48. The fraction of sp³-hybridized carbons (Fsp3) is 0.615. The first-order valence-corrected chi connectivity index (χ1v) is 9.50. The number of pyridine rings is 1. The summed E-state index contributed by atoms with van der Waals surface area (Å²) in [5, 5.41) is 3.34. The van der Waals surface area contributed by atoms with Crippen LogP contribution in [0.1, 0.15) is 25.8 Å². The van der Waals surface area contributed by atoms with Gasteiger partial charge in [0.15, 0.2) is 5.03 Å². The van der Waals surface area contributed by atoms with Crippen LogP contribution in [0.5, 0.6) is 0 Å². The zero-order chi connectivity index (χ0) is 15.0. The third-order valence-corrected chi connectivity index (χ3v) is 4.68. The molecular weight excluding hydrogens is 294 g/mol. The number of aromatic nitrogens is 1. The van der Waals surface area contributed by atoms with Gasteiger partial charge in [-0.1, -0.05) is 19.9 Å². The summed E-state index contributed by atoms with van der Waals surface area (Å²) in [5.41, 5.74) is 0.972. The maximum atomic E-state index is 12.0.